The average Bonchev–Trinajstić information content (AvgIpc) is 2.57. The molecular formula is C10H15IN2O2S. The molecule has 0 saturated carbocycles. The summed E-state index contributed by atoms with van der Waals surface area (Å²) < 4.78 is 5.64. The molecule has 0 atom stereocenters. The van der Waals surface area contributed by atoms with Crippen LogP contribution in [0.4, 0.5) is 0 Å². The highest BCUT2D eigenvalue weighted by atomic mass is 127. The van der Waals surface area contributed by atoms with Crippen molar-refractivity contribution in [3.63, 3.8) is 0 Å². The molecule has 0 bridgehead atoms. The van der Waals surface area contributed by atoms with Crippen molar-refractivity contribution in [3.8, 4) is 0 Å². The van der Waals surface area contributed by atoms with Crippen LogP contribution in [0.3, 0.4) is 0 Å². The Labute approximate surface area is 116 Å². The number of fused-ring (bicyclic) bond motifs is 1. The van der Waals surface area contributed by atoms with E-state index in [2.05, 4.69) is 23.8 Å². The van der Waals surface area contributed by atoms with E-state index in [1.54, 1.807) is 0 Å². The number of esters is 1. The van der Waals surface area contributed by atoms with Gasteiger partial charge in [0.15, 0.2) is 0 Å². The number of hydrogen-bond acceptors (Lipinski definition) is 4. The molecular weight excluding hydrogens is 339 g/mol. The molecule has 1 aromatic heterocycles. The fraction of sp³-hybridized carbons (Fsp3) is 0.600. The van der Waals surface area contributed by atoms with E-state index >= 15 is 0 Å². The zero-order chi connectivity index (χ0) is 11.1. The van der Waals surface area contributed by atoms with Crippen LogP contribution in [0.15, 0.2) is 0 Å². The summed E-state index contributed by atoms with van der Waals surface area (Å²) in [6.45, 7) is 2.04. The van der Waals surface area contributed by atoms with Crippen LogP contribution < -0.4 is 24.0 Å². The van der Waals surface area contributed by atoms with Crippen molar-refractivity contribution in [2.75, 3.05) is 27.7 Å². The third-order valence-corrected chi connectivity index (χ3v) is 3.73. The van der Waals surface area contributed by atoms with Gasteiger partial charge in [0.2, 0.25) is 5.01 Å². The van der Waals surface area contributed by atoms with Gasteiger partial charge >= 0.3 is 5.97 Å². The normalized spacial score (nSPS) is 17.2. The summed E-state index contributed by atoms with van der Waals surface area (Å²) in [6, 6.07) is 0. The van der Waals surface area contributed by atoms with Gasteiger partial charge in [-0.2, -0.15) is 0 Å². The summed E-state index contributed by atoms with van der Waals surface area (Å²) in [5, 5.41) is 0.490. The number of ether oxygens (including phenoxy) is 1. The molecule has 2 rings (SSSR count). The second-order valence-electron chi connectivity index (χ2n) is 4.45. The number of carbonyl (C=O) groups is 1. The van der Waals surface area contributed by atoms with Crippen LogP contribution in [0.5, 0.6) is 0 Å². The molecule has 4 nitrogen and oxygen atoms in total. The first-order valence-electron chi connectivity index (χ1n) is 4.91. The van der Waals surface area contributed by atoms with E-state index in [-0.39, 0.29) is 29.9 Å². The van der Waals surface area contributed by atoms with Gasteiger partial charge in [-0.05, 0) is 0 Å². The third-order valence-electron chi connectivity index (χ3n) is 2.66. The highest BCUT2D eigenvalue weighted by molar-refractivity contribution is 7.13. The maximum absolute atomic E-state index is 11.3. The van der Waals surface area contributed by atoms with E-state index in [1.807, 2.05) is 0 Å². The predicted molar refractivity (Wildman–Crippen MR) is 57.8 cm³/mol. The molecule has 90 valence electrons. The van der Waals surface area contributed by atoms with Crippen molar-refractivity contribution in [2.45, 2.75) is 13.0 Å². The number of rotatable bonds is 1. The number of hydrogen-bond donors (Lipinski definition) is 0. The van der Waals surface area contributed by atoms with E-state index in [4.69, 9.17) is 0 Å². The monoisotopic (exact) mass is 354 g/mol. The molecule has 0 aliphatic carbocycles. The van der Waals surface area contributed by atoms with Gasteiger partial charge < -0.3 is 33.2 Å². The standard InChI is InChI=1S/C10H15N2O2S.HI/c1-12(2)5-4-7-8(6-12)15-9(11-7)10(13)14-3;/h4-6H2,1-3H3;1H/q+1;/p-1. The number of quaternary nitrogens is 1. The summed E-state index contributed by atoms with van der Waals surface area (Å²) in [7, 11) is 5.78. The van der Waals surface area contributed by atoms with Crippen molar-refractivity contribution in [1.82, 2.24) is 4.98 Å². The summed E-state index contributed by atoms with van der Waals surface area (Å²) in [6.07, 6.45) is 0.954. The minimum atomic E-state index is -0.320. The van der Waals surface area contributed by atoms with E-state index < -0.39 is 0 Å². The van der Waals surface area contributed by atoms with Crippen LogP contribution in [0, 0.1) is 0 Å². The zero-order valence-corrected chi connectivity index (χ0v) is 12.6. The van der Waals surface area contributed by atoms with Crippen molar-refractivity contribution in [2.24, 2.45) is 0 Å². The highest BCUT2D eigenvalue weighted by Crippen LogP contribution is 2.27. The molecule has 0 spiro atoms. The van der Waals surface area contributed by atoms with Crippen LogP contribution >= 0.6 is 11.3 Å². The summed E-state index contributed by atoms with van der Waals surface area (Å²) in [4.78, 5) is 16.9. The smallest absolute Gasteiger partial charge is 0.367 e. The third kappa shape index (κ3) is 2.72. The maximum atomic E-state index is 11.3. The molecule has 0 unspecified atom stereocenters. The molecule has 1 aliphatic heterocycles. The lowest BCUT2D eigenvalue weighted by Crippen LogP contribution is -3.00. The number of thiazole rings is 1. The van der Waals surface area contributed by atoms with Crippen LogP contribution in [0.25, 0.3) is 0 Å². The zero-order valence-electron chi connectivity index (χ0n) is 9.62. The quantitative estimate of drug-likeness (QED) is 0.335. The van der Waals surface area contributed by atoms with Crippen molar-refractivity contribution >= 4 is 17.3 Å². The summed E-state index contributed by atoms with van der Waals surface area (Å²) in [5.41, 5.74) is 1.08. The summed E-state index contributed by atoms with van der Waals surface area (Å²) >= 11 is 1.47. The van der Waals surface area contributed by atoms with Crippen molar-refractivity contribution in [1.29, 1.82) is 0 Å². The number of methoxy groups -OCH3 is 1. The van der Waals surface area contributed by atoms with Crippen LogP contribution in [-0.2, 0) is 17.7 Å². The molecule has 0 amide bonds. The average molecular weight is 354 g/mol. The van der Waals surface area contributed by atoms with Gasteiger partial charge in [-0.3, -0.25) is 0 Å². The maximum Gasteiger partial charge on any atom is 0.367 e. The minimum absolute atomic E-state index is 0. The molecule has 16 heavy (non-hydrogen) atoms. The van der Waals surface area contributed by atoms with E-state index in [9.17, 15) is 4.79 Å². The minimum Gasteiger partial charge on any atom is -1.00 e. The second-order valence-corrected chi connectivity index (χ2v) is 5.53. The van der Waals surface area contributed by atoms with Gasteiger partial charge in [0.25, 0.3) is 0 Å². The first-order valence-corrected chi connectivity index (χ1v) is 5.72. The van der Waals surface area contributed by atoms with Gasteiger partial charge in [-0.15, -0.1) is 11.3 Å². The van der Waals surface area contributed by atoms with Gasteiger partial charge in [0.1, 0.15) is 6.54 Å². The Kier molecular flexibility index (Phi) is 4.30. The van der Waals surface area contributed by atoms with Crippen LogP contribution in [0.2, 0.25) is 0 Å². The van der Waals surface area contributed by atoms with Crippen molar-refractivity contribution < 1.29 is 38.0 Å². The summed E-state index contributed by atoms with van der Waals surface area (Å²) in [5.74, 6) is -0.320. The van der Waals surface area contributed by atoms with E-state index in [0.717, 1.165) is 29.7 Å². The second kappa shape index (κ2) is 4.97. The Morgan fingerprint density at radius 3 is 2.81 bits per heavy atom. The number of halogens is 1. The lowest BCUT2D eigenvalue weighted by atomic mass is 10.1. The number of nitrogens with zero attached hydrogens (tertiary/aromatic N) is 2. The molecule has 0 radical (unpaired) electrons. The van der Waals surface area contributed by atoms with Gasteiger partial charge in [-0.1, -0.05) is 0 Å². The molecule has 0 N–H and O–H groups in total. The molecule has 2 heterocycles. The Morgan fingerprint density at radius 2 is 2.19 bits per heavy atom. The molecule has 6 heteroatoms. The van der Waals surface area contributed by atoms with Gasteiger partial charge in [0.05, 0.1) is 38.3 Å². The molecule has 0 saturated heterocycles. The van der Waals surface area contributed by atoms with Crippen LogP contribution in [0.1, 0.15) is 20.4 Å². The van der Waals surface area contributed by atoms with Gasteiger partial charge in [-0.25, -0.2) is 9.78 Å². The SMILES string of the molecule is COC(=O)c1nc2c(s1)C[N+](C)(C)CC2.[I-]. The fourth-order valence-electron chi connectivity index (χ4n) is 1.75. The molecule has 1 aromatic rings. The Balaban J connectivity index is 0.00000128. The number of likely N-dealkylation sites (N-methyl/N-ethyl adjacent to an activating group) is 1. The fourth-order valence-corrected chi connectivity index (χ4v) is 2.99. The van der Waals surface area contributed by atoms with Crippen LogP contribution in [-0.4, -0.2) is 43.2 Å². The molecule has 0 aromatic carbocycles. The van der Waals surface area contributed by atoms with Gasteiger partial charge in [0, 0.05) is 6.42 Å². The first kappa shape index (κ1) is 13.9. The van der Waals surface area contributed by atoms with E-state index in [0.29, 0.717) is 5.01 Å². The Bertz CT molecular complexity index is 404. The predicted octanol–water partition coefficient (Wildman–Crippen LogP) is -1.93. The largest absolute Gasteiger partial charge is 1.00 e. The number of aromatic nitrogens is 1. The molecule has 0 fully saturated rings. The lowest BCUT2D eigenvalue weighted by Gasteiger charge is -2.32. The lowest BCUT2D eigenvalue weighted by molar-refractivity contribution is -0.905. The molecule has 1 aliphatic rings. The topological polar surface area (TPSA) is 39.2 Å². The van der Waals surface area contributed by atoms with Crippen molar-refractivity contribution in [3.05, 3.63) is 15.6 Å². The Morgan fingerprint density at radius 1 is 1.50 bits per heavy atom. The Hall–Kier alpha value is -0.210. The number of carbonyl (C=O) groups excluding carboxylic acids is 1. The van der Waals surface area contributed by atoms with E-state index in [1.165, 1.54) is 23.3 Å². The highest BCUT2D eigenvalue weighted by Gasteiger charge is 2.28. The first-order chi connectivity index (χ1) is 7.02.